The molecule has 47 heavy (non-hydrogen) atoms. The van der Waals surface area contributed by atoms with Gasteiger partial charge in [-0.2, -0.15) is 26.3 Å². The lowest BCUT2D eigenvalue weighted by atomic mass is 9.95. The van der Waals surface area contributed by atoms with Gasteiger partial charge in [0, 0.05) is 84.2 Å². The fourth-order valence-electron chi connectivity index (χ4n) is 5.90. The number of nitrogens with zero attached hydrogens (tertiary/aromatic N) is 4. The van der Waals surface area contributed by atoms with Gasteiger partial charge >= 0.3 is 18.3 Å². The monoisotopic (exact) mass is 670 g/mol. The summed E-state index contributed by atoms with van der Waals surface area (Å²) in [4.78, 5) is 46.1. The molecule has 2 heterocycles. The van der Waals surface area contributed by atoms with Crippen molar-refractivity contribution in [2.75, 3.05) is 59.5 Å². The van der Waals surface area contributed by atoms with E-state index in [9.17, 15) is 40.7 Å². The molecule has 2 aliphatic heterocycles. The average molecular weight is 671 g/mol. The van der Waals surface area contributed by atoms with Crippen LogP contribution in [0.1, 0.15) is 47.9 Å². The molecule has 2 fully saturated rings. The topological polar surface area (TPSA) is 73.4 Å². The molecular formula is C33H40F6N4O4. The summed E-state index contributed by atoms with van der Waals surface area (Å²) in [5, 5.41) is 0. The summed E-state index contributed by atoms with van der Waals surface area (Å²) in [6.07, 6.45) is -8.10. The third-order valence-electron chi connectivity index (χ3n) is 8.76. The minimum atomic E-state index is -4.39. The summed E-state index contributed by atoms with van der Waals surface area (Å²) in [7, 11) is 1.27. The van der Waals surface area contributed by atoms with E-state index >= 15 is 0 Å². The van der Waals surface area contributed by atoms with Gasteiger partial charge in [0.15, 0.2) is 0 Å². The fourth-order valence-corrected chi connectivity index (χ4v) is 5.90. The maximum absolute atomic E-state index is 13.5. The van der Waals surface area contributed by atoms with Crippen molar-refractivity contribution in [3.05, 3.63) is 70.8 Å². The number of hydrogen-bond donors (Lipinski definition) is 0. The van der Waals surface area contributed by atoms with E-state index in [-0.39, 0.29) is 37.5 Å². The van der Waals surface area contributed by atoms with Crippen LogP contribution < -0.4 is 0 Å². The molecule has 0 radical (unpaired) electrons. The zero-order valence-electron chi connectivity index (χ0n) is 26.3. The first-order valence-electron chi connectivity index (χ1n) is 15.6. The number of halogens is 6. The zero-order chi connectivity index (χ0) is 34.2. The van der Waals surface area contributed by atoms with Crippen LogP contribution in [0.2, 0.25) is 0 Å². The summed E-state index contributed by atoms with van der Waals surface area (Å²) >= 11 is 0. The van der Waals surface area contributed by atoms with Crippen molar-refractivity contribution >= 4 is 17.8 Å². The molecule has 258 valence electrons. The Kier molecular flexibility index (Phi) is 12.3. The van der Waals surface area contributed by atoms with E-state index in [4.69, 9.17) is 4.74 Å². The SMILES string of the molecule is COC(=O)CCC(CCC(=O)N1CCN(Cc2ccc(C(F)(F)F)cc2)CC1)C(=O)N1CCN(Cc2ccc(C(F)(F)F)cc2)CC1. The van der Waals surface area contributed by atoms with Crippen LogP contribution in [0.5, 0.6) is 0 Å². The van der Waals surface area contributed by atoms with Gasteiger partial charge in [0.05, 0.1) is 18.2 Å². The van der Waals surface area contributed by atoms with E-state index < -0.39 is 35.4 Å². The molecule has 2 saturated heterocycles. The minimum Gasteiger partial charge on any atom is -0.469 e. The molecule has 0 spiro atoms. The second kappa shape index (κ2) is 16.0. The summed E-state index contributed by atoms with van der Waals surface area (Å²) in [6, 6.07) is 10.1. The van der Waals surface area contributed by atoms with Crippen molar-refractivity contribution in [2.24, 2.45) is 5.92 Å². The highest BCUT2D eigenvalue weighted by Crippen LogP contribution is 2.30. The highest BCUT2D eigenvalue weighted by molar-refractivity contribution is 5.81. The largest absolute Gasteiger partial charge is 0.469 e. The van der Waals surface area contributed by atoms with Crippen molar-refractivity contribution in [3.8, 4) is 0 Å². The Hall–Kier alpha value is -3.65. The van der Waals surface area contributed by atoms with Crippen molar-refractivity contribution in [1.82, 2.24) is 19.6 Å². The van der Waals surface area contributed by atoms with Crippen LogP contribution in [0.3, 0.4) is 0 Å². The van der Waals surface area contributed by atoms with Crippen LogP contribution in [0.15, 0.2) is 48.5 Å². The van der Waals surface area contributed by atoms with E-state index in [0.29, 0.717) is 65.4 Å². The van der Waals surface area contributed by atoms with Gasteiger partial charge in [-0.15, -0.1) is 0 Å². The normalized spacial score (nSPS) is 17.4. The summed E-state index contributed by atoms with van der Waals surface area (Å²) in [6.45, 7) is 4.88. The number of amides is 2. The Morgan fingerprint density at radius 1 is 0.638 bits per heavy atom. The number of carbonyl (C=O) groups excluding carboxylic acids is 3. The molecule has 0 aromatic heterocycles. The van der Waals surface area contributed by atoms with Crippen LogP contribution in [-0.4, -0.2) is 96.9 Å². The smallest absolute Gasteiger partial charge is 0.416 e. The number of esters is 1. The molecular weight excluding hydrogens is 630 g/mol. The highest BCUT2D eigenvalue weighted by atomic mass is 19.4. The second-order valence-electron chi connectivity index (χ2n) is 12.0. The summed E-state index contributed by atoms with van der Waals surface area (Å²) in [5.41, 5.74) is 0.101. The zero-order valence-corrected chi connectivity index (χ0v) is 26.3. The predicted molar refractivity (Wildman–Crippen MR) is 161 cm³/mol. The molecule has 0 saturated carbocycles. The first kappa shape index (κ1) is 36.2. The van der Waals surface area contributed by atoms with Gasteiger partial charge < -0.3 is 14.5 Å². The van der Waals surface area contributed by atoms with E-state index in [1.807, 2.05) is 0 Å². The molecule has 8 nitrogen and oxygen atoms in total. The number of methoxy groups -OCH3 is 1. The van der Waals surface area contributed by atoms with Crippen LogP contribution in [-0.2, 0) is 44.6 Å². The van der Waals surface area contributed by atoms with E-state index in [0.717, 1.165) is 35.4 Å². The number of alkyl halides is 6. The van der Waals surface area contributed by atoms with Crippen molar-refractivity contribution in [1.29, 1.82) is 0 Å². The van der Waals surface area contributed by atoms with Gasteiger partial charge in [-0.1, -0.05) is 24.3 Å². The van der Waals surface area contributed by atoms with Gasteiger partial charge in [-0.3, -0.25) is 24.2 Å². The highest BCUT2D eigenvalue weighted by Gasteiger charge is 2.32. The Morgan fingerprint density at radius 3 is 1.45 bits per heavy atom. The lowest BCUT2D eigenvalue weighted by molar-refractivity contribution is -0.142. The molecule has 0 bridgehead atoms. The standard InChI is InChI=1S/C33H40F6N4O4/c1-47-30(45)13-7-26(31(46)43-20-16-41(17-21-43)23-25-4-10-28(11-5-25)33(37,38)39)6-12-29(44)42-18-14-40(15-19-42)22-24-2-8-27(9-3-24)32(34,35)36/h2-5,8-11,26H,6-7,12-23H2,1H3. The van der Waals surface area contributed by atoms with Crippen LogP contribution in [0.25, 0.3) is 0 Å². The maximum Gasteiger partial charge on any atom is 0.416 e. The van der Waals surface area contributed by atoms with Crippen LogP contribution in [0.4, 0.5) is 26.3 Å². The van der Waals surface area contributed by atoms with Gasteiger partial charge in [0.2, 0.25) is 11.8 Å². The third-order valence-corrected chi connectivity index (χ3v) is 8.76. The minimum absolute atomic E-state index is 0.0393. The summed E-state index contributed by atoms with van der Waals surface area (Å²) in [5.74, 6) is -1.24. The molecule has 14 heteroatoms. The maximum atomic E-state index is 13.5. The number of piperazine rings is 2. The van der Waals surface area contributed by atoms with Crippen LogP contribution >= 0.6 is 0 Å². The quantitative estimate of drug-likeness (QED) is 0.246. The lowest BCUT2D eigenvalue weighted by Crippen LogP contribution is -2.50. The Morgan fingerprint density at radius 2 is 1.04 bits per heavy atom. The number of benzene rings is 2. The van der Waals surface area contributed by atoms with Gasteiger partial charge in [0.25, 0.3) is 0 Å². The predicted octanol–water partition coefficient (Wildman–Crippen LogP) is 5.06. The molecule has 0 N–H and O–H groups in total. The van der Waals surface area contributed by atoms with E-state index in [1.165, 1.54) is 31.4 Å². The molecule has 1 atom stereocenters. The molecule has 1 unspecified atom stereocenters. The van der Waals surface area contributed by atoms with Gasteiger partial charge in [-0.05, 0) is 48.2 Å². The number of carbonyl (C=O) groups is 3. The molecule has 2 aromatic rings. The Bertz CT molecular complexity index is 1330. The number of hydrogen-bond acceptors (Lipinski definition) is 6. The van der Waals surface area contributed by atoms with Crippen molar-refractivity contribution in [3.63, 3.8) is 0 Å². The Balaban J connectivity index is 1.24. The van der Waals surface area contributed by atoms with Crippen molar-refractivity contribution in [2.45, 2.75) is 51.1 Å². The second-order valence-corrected chi connectivity index (χ2v) is 12.0. The average Bonchev–Trinajstić information content (AvgIpc) is 3.04. The van der Waals surface area contributed by atoms with Gasteiger partial charge in [0.1, 0.15) is 0 Å². The first-order chi connectivity index (χ1) is 22.2. The first-order valence-corrected chi connectivity index (χ1v) is 15.6. The molecule has 2 amide bonds. The molecule has 2 aliphatic rings. The Labute approximate surface area is 270 Å². The third kappa shape index (κ3) is 10.7. The fraction of sp³-hybridized carbons (Fsp3) is 0.545. The van der Waals surface area contributed by atoms with Crippen molar-refractivity contribution < 1.29 is 45.5 Å². The summed E-state index contributed by atoms with van der Waals surface area (Å²) < 4.78 is 81.9. The van der Waals surface area contributed by atoms with E-state index in [1.54, 1.807) is 9.80 Å². The number of rotatable bonds is 11. The molecule has 0 aliphatic carbocycles. The van der Waals surface area contributed by atoms with Gasteiger partial charge in [-0.25, -0.2) is 0 Å². The van der Waals surface area contributed by atoms with Crippen LogP contribution in [0, 0.1) is 5.92 Å². The molecule has 4 rings (SSSR count). The molecule has 2 aromatic carbocycles. The lowest BCUT2D eigenvalue weighted by Gasteiger charge is -2.37. The van der Waals surface area contributed by atoms with E-state index in [2.05, 4.69) is 9.80 Å². The number of ether oxygens (including phenoxy) is 1.